The van der Waals surface area contributed by atoms with Gasteiger partial charge in [0.1, 0.15) is 17.2 Å². The molecule has 112 valence electrons. The standard InChI is InChI=1S/C16H18ClNO3/c1-19-14-7-8-16(15(18)11-14)21-10-2-9-20-13-5-3-12(17)4-6-13/h3-8,11H,2,9-10,18H2,1H3. The van der Waals surface area contributed by atoms with E-state index in [2.05, 4.69) is 0 Å². The summed E-state index contributed by atoms with van der Waals surface area (Å²) in [4.78, 5) is 0. The molecule has 2 rings (SSSR count). The summed E-state index contributed by atoms with van der Waals surface area (Å²) in [5, 5.41) is 0.695. The van der Waals surface area contributed by atoms with Gasteiger partial charge < -0.3 is 19.9 Å². The van der Waals surface area contributed by atoms with E-state index in [9.17, 15) is 0 Å². The molecule has 0 heterocycles. The molecule has 0 amide bonds. The maximum Gasteiger partial charge on any atom is 0.142 e. The zero-order chi connectivity index (χ0) is 15.1. The van der Waals surface area contributed by atoms with E-state index in [0.717, 1.165) is 12.2 Å². The molecule has 0 atom stereocenters. The molecule has 4 nitrogen and oxygen atoms in total. The van der Waals surface area contributed by atoms with Crippen molar-refractivity contribution in [3.05, 3.63) is 47.5 Å². The van der Waals surface area contributed by atoms with E-state index in [1.54, 1.807) is 31.4 Å². The van der Waals surface area contributed by atoms with Gasteiger partial charge in [-0.3, -0.25) is 0 Å². The number of nitrogen functional groups attached to an aromatic ring is 1. The lowest BCUT2D eigenvalue weighted by Gasteiger charge is -2.10. The fraction of sp³-hybridized carbons (Fsp3) is 0.250. The minimum Gasteiger partial charge on any atom is -0.497 e. The number of anilines is 1. The van der Waals surface area contributed by atoms with Crippen molar-refractivity contribution in [1.29, 1.82) is 0 Å². The van der Waals surface area contributed by atoms with Gasteiger partial charge in [0.2, 0.25) is 0 Å². The average Bonchev–Trinajstić information content (AvgIpc) is 2.50. The van der Waals surface area contributed by atoms with E-state index >= 15 is 0 Å². The van der Waals surface area contributed by atoms with Crippen LogP contribution in [-0.2, 0) is 0 Å². The van der Waals surface area contributed by atoms with Crippen LogP contribution >= 0.6 is 11.6 Å². The van der Waals surface area contributed by atoms with Crippen LogP contribution in [0, 0.1) is 0 Å². The molecular formula is C16H18ClNO3. The van der Waals surface area contributed by atoms with Crippen LogP contribution in [-0.4, -0.2) is 20.3 Å². The Kier molecular flexibility index (Phi) is 5.58. The van der Waals surface area contributed by atoms with Crippen molar-refractivity contribution in [1.82, 2.24) is 0 Å². The molecule has 0 aromatic heterocycles. The Bertz CT molecular complexity index is 572. The molecule has 0 aliphatic heterocycles. The zero-order valence-corrected chi connectivity index (χ0v) is 12.6. The number of rotatable bonds is 7. The first-order valence-electron chi connectivity index (χ1n) is 6.64. The monoisotopic (exact) mass is 307 g/mol. The first-order valence-corrected chi connectivity index (χ1v) is 7.01. The SMILES string of the molecule is COc1ccc(OCCCOc2ccc(Cl)cc2)c(N)c1. The molecule has 5 heteroatoms. The fourth-order valence-electron chi connectivity index (χ4n) is 1.75. The van der Waals surface area contributed by atoms with Crippen LogP contribution in [0.25, 0.3) is 0 Å². The normalized spacial score (nSPS) is 10.2. The summed E-state index contributed by atoms with van der Waals surface area (Å²) in [7, 11) is 1.60. The van der Waals surface area contributed by atoms with Crippen molar-refractivity contribution in [2.24, 2.45) is 0 Å². The molecule has 2 aromatic rings. The number of hydrogen-bond donors (Lipinski definition) is 1. The smallest absolute Gasteiger partial charge is 0.142 e. The number of benzene rings is 2. The summed E-state index contributed by atoms with van der Waals surface area (Å²) >= 11 is 5.80. The predicted molar refractivity (Wildman–Crippen MR) is 84.5 cm³/mol. The number of methoxy groups -OCH3 is 1. The highest BCUT2D eigenvalue weighted by Gasteiger charge is 2.02. The molecule has 2 aromatic carbocycles. The van der Waals surface area contributed by atoms with E-state index in [4.69, 9.17) is 31.5 Å². The van der Waals surface area contributed by atoms with E-state index in [1.165, 1.54) is 0 Å². The van der Waals surface area contributed by atoms with Gasteiger partial charge in [-0.05, 0) is 36.4 Å². The third-order valence-electron chi connectivity index (χ3n) is 2.85. The van der Waals surface area contributed by atoms with Crippen LogP contribution in [0.4, 0.5) is 5.69 Å². The van der Waals surface area contributed by atoms with Crippen LogP contribution in [0.15, 0.2) is 42.5 Å². The molecule has 0 saturated carbocycles. The van der Waals surface area contributed by atoms with Gasteiger partial charge in [0, 0.05) is 17.5 Å². The topological polar surface area (TPSA) is 53.7 Å². The molecule has 0 aliphatic rings. The van der Waals surface area contributed by atoms with E-state index < -0.39 is 0 Å². The van der Waals surface area contributed by atoms with Crippen LogP contribution in [0.1, 0.15) is 6.42 Å². The van der Waals surface area contributed by atoms with Gasteiger partial charge in [-0.1, -0.05) is 11.6 Å². The molecule has 0 radical (unpaired) electrons. The molecule has 21 heavy (non-hydrogen) atoms. The quantitative estimate of drug-likeness (QED) is 0.625. The van der Waals surface area contributed by atoms with Crippen molar-refractivity contribution < 1.29 is 14.2 Å². The maximum absolute atomic E-state index is 5.87. The van der Waals surface area contributed by atoms with Crippen molar-refractivity contribution in [2.45, 2.75) is 6.42 Å². The number of ether oxygens (including phenoxy) is 3. The maximum atomic E-state index is 5.87. The Labute approximate surface area is 129 Å². The largest absolute Gasteiger partial charge is 0.497 e. The van der Waals surface area contributed by atoms with Crippen LogP contribution in [0.5, 0.6) is 17.2 Å². The summed E-state index contributed by atoms with van der Waals surface area (Å²) in [6.45, 7) is 1.10. The van der Waals surface area contributed by atoms with Crippen LogP contribution in [0.2, 0.25) is 5.02 Å². The lowest BCUT2D eigenvalue weighted by Crippen LogP contribution is -2.06. The Balaban J connectivity index is 1.71. The first-order chi connectivity index (χ1) is 10.2. The predicted octanol–water partition coefficient (Wildman–Crippen LogP) is 3.78. The second-order valence-electron chi connectivity index (χ2n) is 4.41. The van der Waals surface area contributed by atoms with Gasteiger partial charge in [0.25, 0.3) is 0 Å². The highest BCUT2D eigenvalue weighted by molar-refractivity contribution is 6.30. The van der Waals surface area contributed by atoms with E-state index in [0.29, 0.717) is 35.4 Å². The van der Waals surface area contributed by atoms with E-state index in [1.807, 2.05) is 18.2 Å². The third kappa shape index (κ3) is 4.76. The number of nitrogens with two attached hydrogens (primary N) is 1. The Morgan fingerprint density at radius 2 is 1.62 bits per heavy atom. The summed E-state index contributed by atoms with van der Waals surface area (Å²) in [5.74, 6) is 2.16. The lowest BCUT2D eigenvalue weighted by molar-refractivity contribution is 0.248. The van der Waals surface area contributed by atoms with Crippen molar-refractivity contribution >= 4 is 17.3 Å². The van der Waals surface area contributed by atoms with Gasteiger partial charge in [0.15, 0.2) is 0 Å². The molecule has 0 fully saturated rings. The van der Waals surface area contributed by atoms with Crippen molar-refractivity contribution in [3.8, 4) is 17.2 Å². The summed E-state index contributed by atoms with van der Waals surface area (Å²) in [5.41, 5.74) is 6.43. The van der Waals surface area contributed by atoms with Gasteiger partial charge in [0.05, 0.1) is 26.0 Å². The van der Waals surface area contributed by atoms with Crippen molar-refractivity contribution in [2.75, 3.05) is 26.1 Å². The minimum atomic E-state index is 0.532. The molecule has 0 saturated heterocycles. The second kappa shape index (κ2) is 7.64. The fourth-order valence-corrected chi connectivity index (χ4v) is 1.87. The molecule has 2 N–H and O–H groups in total. The third-order valence-corrected chi connectivity index (χ3v) is 3.10. The van der Waals surface area contributed by atoms with Crippen LogP contribution < -0.4 is 19.9 Å². The molecule has 0 spiro atoms. The van der Waals surface area contributed by atoms with Crippen molar-refractivity contribution in [3.63, 3.8) is 0 Å². The highest BCUT2D eigenvalue weighted by atomic mass is 35.5. The number of halogens is 1. The lowest BCUT2D eigenvalue weighted by atomic mass is 10.3. The Morgan fingerprint density at radius 1 is 0.952 bits per heavy atom. The summed E-state index contributed by atoms with van der Waals surface area (Å²) in [6, 6.07) is 12.6. The molecule has 0 bridgehead atoms. The minimum absolute atomic E-state index is 0.532. The first kappa shape index (κ1) is 15.3. The Morgan fingerprint density at radius 3 is 2.29 bits per heavy atom. The van der Waals surface area contributed by atoms with Gasteiger partial charge in [-0.25, -0.2) is 0 Å². The molecule has 0 aliphatic carbocycles. The van der Waals surface area contributed by atoms with E-state index in [-0.39, 0.29) is 0 Å². The highest BCUT2D eigenvalue weighted by Crippen LogP contribution is 2.26. The average molecular weight is 308 g/mol. The van der Waals surface area contributed by atoms with Gasteiger partial charge in [-0.2, -0.15) is 0 Å². The second-order valence-corrected chi connectivity index (χ2v) is 4.84. The zero-order valence-electron chi connectivity index (χ0n) is 11.8. The summed E-state index contributed by atoms with van der Waals surface area (Å²) < 4.78 is 16.3. The molecular weight excluding hydrogens is 290 g/mol. The Hall–Kier alpha value is -2.07. The molecule has 0 unspecified atom stereocenters. The number of hydrogen-bond acceptors (Lipinski definition) is 4. The van der Waals surface area contributed by atoms with Gasteiger partial charge >= 0.3 is 0 Å². The van der Waals surface area contributed by atoms with Gasteiger partial charge in [-0.15, -0.1) is 0 Å². The summed E-state index contributed by atoms with van der Waals surface area (Å²) in [6.07, 6.45) is 0.758. The van der Waals surface area contributed by atoms with Crippen LogP contribution in [0.3, 0.4) is 0 Å².